The number of thiophene rings is 1. The summed E-state index contributed by atoms with van der Waals surface area (Å²) in [5, 5.41) is 3.76. The maximum Gasteiger partial charge on any atom is 0.387 e. The third kappa shape index (κ3) is 5.12. The lowest BCUT2D eigenvalue weighted by atomic mass is 10.3. The largest absolute Gasteiger partial charge is 0.451 e. The van der Waals surface area contributed by atoms with Crippen LogP contribution in [0.25, 0.3) is 0 Å². The van der Waals surface area contributed by atoms with Crippen molar-refractivity contribution in [3.05, 3.63) is 40.6 Å². The summed E-state index contributed by atoms with van der Waals surface area (Å²) in [7, 11) is -3.82. The molecule has 12 heteroatoms. The van der Waals surface area contributed by atoms with E-state index in [9.17, 15) is 26.8 Å². The van der Waals surface area contributed by atoms with Gasteiger partial charge in [-0.2, -0.15) is 13.1 Å². The number of ether oxygens (including phenoxy) is 2. The Morgan fingerprint density at radius 2 is 1.87 bits per heavy atom. The minimum atomic E-state index is -3.82. The van der Waals surface area contributed by atoms with Crippen LogP contribution < -0.4 is 10.1 Å². The summed E-state index contributed by atoms with van der Waals surface area (Å²) in [6, 6.07) is 6.87. The molecule has 1 N–H and O–H groups in total. The SMILES string of the molecule is O=C(COC(=O)c1sccc1S(=O)(=O)N1CCCC1)Nc1ccccc1OC(F)F. The average molecular weight is 460 g/mol. The van der Waals surface area contributed by atoms with Crippen LogP contribution >= 0.6 is 11.3 Å². The minimum absolute atomic E-state index is 0.0210. The highest BCUT2D eigenvalue weighted by Crippen LogP contribution is 2.28. The number of para-hydroxylation sites is 2. The number of hydrogen-bond acceptors (Lipinski definition) is 7. The number of benzene rings is 1. The number of carbonyl (C=O) groups is 2. The summed E-state index contributed by atoms with van der Waals surface area (Å²) >= 11 is 0.893. The molecule has 3 rings (SSSR count). The lowest BCUT2D eigenvalue weighted by Gasteiger charge is -2.15. The molecule has 1 aliphatic heterocycles. The van der Waals surface area contributed by atoms with Crippen molar-refractivity contribution in [3.63, 3.8) is 0 Å². The minimum Gasteiger partial charge on any atom is -0.451 e. The summed E-state index contributed by atoms with van der Waals surface area (Å²) in [6.45, 7) is -3.04. The highest BCUT2D eigenvalue weighted by molar-refractivity contribution is 7.89. The number of rotatable bonds is 8. The van der Waals surface area contributed by atoms with E-state index in [2.05, 4.69) is 10.1 Å². The maximum atomic E-state index is 12.7. The molecule has 0 aliphatic carbocycles. The quantitative estimate of drug-likeness (QED) is 0.608. The second-order valence-electron chi connectivity index (χ2n) is 6.22. The lowest BCUT2D eigenvalue weighted by Crippen LogP contribution is -2.29. The Morgan fingerprint density at radius 1 is 1.17 bits per heavy atom. The lowest BCUT2D eigenvalue weighted by molar-refractivity contribution is -0.119. The van der Waals surface area contributed by atoms with Crippen LogP contribution in [0.3, 0.4) is 0 Å². The Bertz CT molecular complexity index is 1020. The molecule has 1 fully saturated rings. The molecule has 30 heavy (non-hydrogen) atoms. The number of alkyl halides is 2. The van der Waals surface area contributed by atoms with Gasteiger partial charge in [0.15, 0.2) is 6.61 Å². The fourth-order valence-corrected chi connectivity index (χ4v) is 5.67. The van der Waals surface area contributed by atoms with Crippen molar-refractivity contribution in [1.82, 2.24) is 4.31 Å². The Morgan fingerprint density at radius 3 is 2.57 bits per heavy atom. The third-order valence-electron chi connectivity index (χ3n) is 4.21. The predicted octanol–water partition coefficient (Wildman–Crippen LogP) is 2.93. The van der Waals surface area contributed by atoms with Crippen molar-refractivity contribution in [1.29, 1.82) is 0 Å². The molecule has 0 bridgehead atoms. The van der Waals surface area contributed by atoms with Crippen LogP contribution in [0.5, 0.6) is 5.75 Å². The topological polar surface area (TPSA) is 102 Å². The molecule has 0 spiro atoms. The zero-order chi connectivity index (χ0) is 21.7. The number of halogens is 2. The van der Waals surface area contributed by atoms with Gasteiger partial charge < -0.3 is 14.8 Å². The maximum absolute atomic E-state index is 12.7. The van der Waals surface area contributed by atoms with E-state index in [1.807, 2.05) is 0 Å². The van der Waals surface area contributed by atoms with Crippen LogP contribution in [0.4, 0.5) is 14.5 Å². The third-order valence-corrected chi connectivity index (χ3v) is 7.17. The van der Waals surface area contributed by atoms with Crippen LogP contribution in [-0.2, 0) is 19.6 Å². The number of carbonyl (C=O) groups excluding carboxylic acids is 2. The summed E-state index contributed by atoms with van der Waals surface area (Å²) in [4.78, 5) is 24.1. The van der Waals surface area contributed by atoms with E-state index in [0.717, 1.165) is 24.2 Å². The monoisotopic (exact) mass is 460 g/mol. The first-order valence-corrected chi connectivity index (χ1v) is 11.2. The van der Waals surface area contributed by atoms with Crippen LogP contribution in [0.15, 0.2) is 40.6 Å². The van der Waals surface area contributed by atoms with Gasteiger partial charge in [-0.05, 0) is 36.4 Å². The van der Waals surface area contributed by atoms with E-state index < -0.39 is 35.1 Å². The van der Waals surface area contributed by atoms with Crippen molar-refractivity contribution in [2.75, 3.05) is 25.0 Å². The zero-order valence-corrected chi connectivity index (χ0v) is 17.2. The van der Waals surface area contributed by atoms with E-state index in [4.69, 9.17) is 4.74 Å². The Labute approximate surface area is 175 Å². The molecule has 0 radical (unpaired) electrons. The van der Waals surface area contributed by atoms with E-state index in [1.165, 1.54) is 40.0 Å². The molecule has 162 valence electrons. The van der Waals surface area contributed by atoms with Gasteiger partial charge in [-0.1, -0.05) is 12.1 Å². The highest BCUT2D eigenvalue weighted by Gasteiger charge is 2.32. The Hall–Kier alpha value is -2.57. The fourth-order valence-electron chi connectivity index (χ4n) is 2.87. The number of nitrogens with zero attached hydrogens (tertiary/aromatic N) is 1. The molecule has 1 aromatic heterocycles. The van der Waals surface area contributed by atoms with E-state index in [1.54, 1.807) is 0 Å². The number of sulfonamides is 1. The van der Waals surface area contributed by atoms with Crippen molar-refractivity contribution < 1.29 is 36.3 Å². The summed E-state index contributed by atoms with van der Waals surface area (Å²) in [6.07, 6.45) is 1.50. The first kappa shape index (κ1) is 22.1. The second kappa shape index (κ2) is 9.49. The van der Waals surface area contributed by atoms with Gasteiger partial charge in [0.2, 0.25) is 10.0 Å². The number of esters is 1. The fraction of sp³-hybridized carbons (Fsp3) is 0.333. The first-order chi connectivity index (χ1) is 14.3. The number of amides is 1. The van der Waals surface area contributed by atoms with Crippen molar-refractivity contribution in [2.45, 2.75) is 24.3 Å². The van der Waals surface area contributed by atoms with Crippen LogP contribution in [0, 0.1) is 0 Å². The second-order valence-corrected chi connectivity index (χ2v) is 9.05. The molecular weight excluding hydrogens is 442 g/mol. The summed E-state index contributed by atoms with van der Waals surface area (Å²) in [5.74, 6) is -2.01. The number of anilines is 1. The van der Waals surface area contributed by atoms with Crippen LogP contribution in [-0.4, -0.2) is 50.9 Å². The predicted molar refractivity (Wildman–Crippen MR) is 104 cm³/mol. The molecule has 0 saturated carbocycles. The number of hydrogen-bond donors (Lipinski definition) is 1. The molecule has 0 atom stereocenters. The van der Waals surface area contributed by atoms with Crippen molar-refractivity contribution >= 4 is 38.9 Å². The Kier molecular flexibility index (Phi) is 7.00. The highest BCUT2D eigenvalue weighted by atomic mass is 32.2. The van der Waals surface area contributed by atoms with Gasteiger partial charge in [-0.15, -0.1) is 11.3 Å². The van der Waals surface area contributed by atoms with Crippen LogP contribution in [0.1, 0.15) is 22.5 Å². The van der Waals surface area contributed by atoms with Crippen LogP contribution in [0.2, 0.25) is 0 Å². The Balaban J connectivity index is 1.63. The van der Waals surface area contributed by atoms with Gasteiger partial charge in [0.1, 0.15) is 15.5 Å². The molecule has 1 aliphatic rings. The van der Waals surface area contributed by atoms with Gasteiger partial charge in [-0.3, -0.25) is 4.79 Å². The molecule has 1 saturated heterocycles. The van der Waals surface area contributed by atoms with Crippen molar-refractivity contribution in [3.8, 4) is 5.75 Å². The smallest absolute Gasteiger partial charge is 0.387 e. The first-order valence-electron chi connectivity index (χ1n) is 8.87. The van der Waals surface area contributed by atoms with E-state index in [0.29, 0.717) is 13.1 Å². The summed E-state index contributed by atoms with van der Waals surface area (Å²) in [5.41, 5.74) is -0.0210. The molecule has 2 aromatic rings. The molecule has 2 heterocycles. The van der Waals surface area contributed by atoms with Gasteiger partial charge in [0.25, 0.3) is 5.91 Å². The van der Waals surface area contributed by atoms with Crippen molar-refractivity contribution in [2.24, 2.45) is 0 Å². The van der Waals surface area contributed by atoms with Gasteiger partial charge in [0.05, 0.1) is 5.69 Å². The van der Waals surface area contributed by atoms with Gasteiger partial charge >= 0.3 is 12.6 Å². The average Bonchev–Trinajstić information content (AvgIpc) is 3.39. The zero-order valence-electron chi connectivity index (χ0n) is 15.5. The van der Waals surface area contributed by atoms with E-state index >= 15 is 0 Å². The molecule has 0 unspecified atom stereocenters. The van der Waals surface area contributed by atoms with Gasteiger partial charge in [-0.25, -0.2) is 13.2 Å². The molecule has 1 amide bonds. The van der Waals surface area contributed by atoms with Gasteiger partial charge in [0, 0.05) is 13.1 Å². The normalized spacial score (nSPS) is 14.6. The molecule has 1 aromatic carbocycles. The molecule has 8 nitrogen and oxygen atoms in total. The summed E-state index contributed by atoms with van der Waals surface area (Å²) < 4.78 is 60.8. The molecular formula is C18H18F2N2O6S2. The standard InChI is InChI=1S/C18H18F2N2O6S2/c19-18(20)28-13-6-2-1-5-12(13)21-15(23)11-27-17(24)16-14(7-10-29-16)30(25,26)22-8-3-4-9-22/h1-2,5-7,10,18H,3-4,8-9,11H2,(H,21,23). The number of nitrogens with one attached hydrogen (secondary N) is 1. The van der Waals surface area contributed by atoms with E-state index in [-0.39, 0.29) is 21.2 Å².